The summed E-state index contributed by atoms with van der Waals surface area (Å²) in [5, 5.41) is 5.26. The minimum atomic E-state index is 0.431. The predicted octanol–water partition coefficient (Wildman–Crippen LogP) is 6.10. The lowest BCUT2D eigenvalue weighted by Crippen LogP contribution is -2.12. The molecule has 2 nitrogen and oxygen atoms in total. The highest BCUT2D eigenvalue weighted by atomic mass is 35.5. The van der Waals surface area contributed by atoms with Crippen LogP contribution in [0.2, 0.25) is 20.1 Å². The van der Waals surface area contributed by atoms with Crippen molar-refractivity contribution in [1.82, 2.24) is 0 Å². The van der Waals surface area contributed by atoms with Gasteiger partial charge in [-0.15, -0.1) is 0 Å². The Hall–Kier alpha value is -0.800. The molecule has 0 bridgehead atoms. The van der Waals surface area contributed by atoms with Gasteiger partial charge < -0.3 is 10.1 Å². The molecule has 0 aliphatic rings. The van der Waals surface area contributed by atoms with Gasteiger partial charge in [-0.25, -0.2) is 0 Å². The molecular weight excluding hydrogens is 352 g/mol. The Morgan fingerprint density at radius 1 is 0.952 bits per heavy atom. The Kier molecular flexibility index (Phi) is 5.88. The van der Waals surface area contributed by atoms with Crippen LogP contribution in [0.5, 0.6) is 5.75 Å². The second kappa shape index (κ2) is 7.46. The fraction of sp³-hybridized carbons (Fsp3) is 0.200. The van der Waals surface area contributed by atoms with E-state index in [4.69, 9.17) is 51.1 Å². The fourth-order valence-corrected chi connectivity index (χ4v) is 2.62. The molecule has 0 amide bonds. The number of ether oxygens (including phenoxy) is 1. The van der Waals surface area contributed by atoms with E-state index in [2.05, 4.69) is 5.32 Å². The van der Waals surface area contributed by atoms with Crippen molar-refractivity contribution in [2.75, 3.05) is 18.5 Å². The first kappa shape index (κ1) is 16.6. The van der Waals surface area contributed by atoms with E-state index in [1.807, 2.05) is 19.1 Å². The third-order valence-corrected chi connectivity index (χ3v) is 4.09. The summed E-state index contributed by atoms with van der Waals surface area (Å²) in [4.78, 5) is 0. The van der Waals surface area contributed by atoms with Gasteiger partial charge in [0.05, 0.1) is 20.8 Å². The van der Waals surface area contributed by atoms with Crippen molar-refractivity contribution in [2.24, 2.45) is 0 Å². The van der Waals surface area contributed by atoms with E-state index in [1.165, 1.54) is 0 Å². The highest BCUT2D eigenvalue weighted by Crippen LogP contribution is 2.32. The van der Waals surface area contributed by atoms with Crippen molar-refractivity contribution in [2.45, 2.75) is 6.92 Å². The minimum absolute atomic E-state index is 0.431. The highest BCUT2D eigenvalue weighted by molar-refractivity contribution is 6.44. The van der Waals surface area contributed by atoms with Gasteiger partial charge in [0.1, 0.15) is 12.4 Å². The predicted molar refractivity (Wildman–Crippen MR) is 91.6 cm³/mol. The maximum Gasteiger partial charge on any atom is 0.122 e. The Labute approximate surface area is 143 Å². The Bertz CT molecular complexity index is 646. The number of halogens is 4. The van der Waals surface area contributed by atoms with Gasteiger partial charge in [-0.05, 0) is 42.8 Å². The first-order valence-electron chi connectivity index (χ1n) is 6.25. The van der Waals surface area contributed by atoms with Gasteiger partial charge >= 0.3 is 0 Å². The molecule has 112 valence electrons. The maximum atomic E-state index is 6.08. The molecule has 1 N–H and O–H groups in total. The van der Waals surface area contributed by atoms with Crippen molar-refractivity contribution in [3.63, 3.8) is 0 Å². The van der Waals surface area contributed by atoms with Crippen LogP contribution in [0, 0.1) is 6.92 Å². The normalized spacial score (nSPS) is 10.5. The minimum Gasteiger partial charge on any atom is -0.491 e. The average molecular weight is 365 g/mol. The van der Waals surface area contributed by atoms with Crippen LogP contribution in [0.3, 0.4) is 0 Å². The van der Waals surface area contributed by atoms with E-state index < -0.39 is 0 Å². The van der Waals surface area contributed by atoms with Crippen LogP contribution in [0.25, 0.3) is 0 Å². The second-order valence-electron chi connectivity index (χ2n) is 4.43. The lowest BCUT2D eigenvalue weighted by Gasteiger charge is -2.12. The summed E-state index contributed by atoms with van der Waals surface area (Å²) in [6.45, 7) is 3.02. The van der Waals surface area contributed by atoms with E-state index in [0.29, 0.717) is 33.2 Å². The molecule has 6 heteroatoms. The van der Waals surface area contributed by atoms with Crippen molar-refractivity contribution in [1.29, 1.82) is 0 Å². The molecule has 0 aromatic heterocycles. The molecule has 0 unspecified atom stereocenters. The molecule has 0 saturated carbocycles. The monoisotopic (exact) mass is 363 g/mol. The molecule has 0 spiro atoms. The molecular formula is C15H13Cl4NO. The van der Waals surface area contributed by atoms with Crippen LogP contribution in [0.15, 0.2) is 30.3 Å². The summed E-state index contributed by atoms with van der Waals surface area (Å²) in [7, 11) is 0. The third kappa shape index (κ3) is 4.58. The standard InChI is InChI=1S/C15H13Cl4NO/c1-9-6-10(16)2-3-15(9)21-5-4-20-14-8-12(18)11(17)7-13(14)19/h2-3,6-8,20H,4-5H2,1H3. The molecule has 0 atom stereocenters. The van der Waals surface area contributed by atoms with Crippen molar-refractivity contribution >= 4 is 52.1 Å². The molecule has 21 heavy (non-hydrogen) atoms. The first-order valence-corrected chi connectivity index (χ1v) is 7.76. The Morgan fingerprint density at radius 3 is 2.38 bits per heavy atom. The zero-order chi connectivity index (χ0) is 15.4. The van der Waals surface area contributed by atoms with Gasteiger partial charge in [-0.2, -0.15) is 0 Å². The third-order valence-electron chi connectivity index (χ3n) is 2.82. The molecule has 2 aromatic rings. The van der Waals surface area contributed by atoms with Gasteiger partial charge in [0.2, 0.25) is 0 Å². The smallest absolute Gasteiger partial charge is 0.122 e. The number of anilines is 1. The van der Waals surface area contributed by atoms with Gasteiger partial charge in [0.25, 0.3) is 0 Å². The molecule has 0 aliphatic carbocycles. The van der Waals surface area contributed by atoms with E-state index in [0.717, 1.165) is 17.0 Å². The van der Waals surface area contributed by atoms with Gasteiger partial charge in [0.15, 0.2) is 0 Å². The molecule has 0 saturated heterocycles. The molecule has 2 aromatic carbocycles. The van der Waals surface area contributed by atoms with E-state index in [1.54, 1.807) is 18.2 Å². The number of aryl methyl sites for hydroxylation is 1. The van der Waals surface area contributed by atoms with Crippen LogP contribution >= 0.6 is 46.4 Å². The average Bonchev–Trinajstić information content (AvgIpc) is 2.42. The Morgan fingerprint density at radius 2 is 1.67 bits per heavy atom. The fourth-order valence-electron chi connectivity index (χ4n) is 1.78. The quantitative estimate of drug-likeness (QED) is 0.511. The largest absolute Gasteiger partial charge is 0.491 e. The number of benzene rings is 2. The van der Waals surface area contributed by atoms with Crippen molar-refractivity contribution in [3.8, 4) is 5.75 Å². The summed E-state index contributed by atoms with van der Waals surface area (Å²) >= 11 is 23.8. The summed E-state index contributed by atoms with van der Waals surface area (Å²) in [5.74, 6) is 0.807. The van der Waals surface area contributed by atoms with Crippen molar-refractivity contribution in [3.05, 3.63) is 56.0 Å². The number of hydrogen-bond donors (Lipinski definition) is 1. The summed E-state index contributed by atoms with van der Waals surface area (Å²) in [5.41, 5.74) is 1.72. The highest BCUT2D eigenvalue weighted by Gasteiger charge is 2.06. The first-order chi connectivity index (χ1) is 9.97. The van der Waals surface area contributed by atoms with Crippen LogP contribution < -0.4 is 10.1 Å². The van der Waals surface area contributed by atoms with Crippen LogP contribution in [0.1, 0.15) is 5.56 Å². The van der Waals surface area contributed by atoms with Gasteiger partial charge in [-0.1, -0.05) is 46.4 Å². The molecule has 0 fully saturated rings. The van der Waals surface area contributed by atoms with Crippen molar-refractivity contribution < 1.29 is 4.74 Å². The lowest BCUT2D eigenvalue weighted by atomic mass is 10.2. The van der Waals surface area contributed by atoms with Crippen LogP contribution in [-0.2, 0) is 0 Å². The van der Waals surface area contributed by atoms with Gasteiger partial charge in [-0.3, -0.25) is 0 Å². The summed E-state index contributed by atoms with van der Waals surface area (Å²) in [6.07, 6.45) is 0. The molecule has 0 aliphatic heterocycles. The maximum absolute atomic E-state index is 6.08. The molecule has 0 radical (unpaired) electrons. The SMILES string of the molecule is Cc1cc(Cl)ccc1OCCNc1cc(Cl)c(Cl)cc1Cl. The van der Waals surface area contributed by atoms with E-state index in [-0.39, 0.29) is 0 Å². The topological polar surface area (TPSA) is 21.3 Å². The van der Waals surface area contributed by atoms with Crippen LogP contribution in [-0.4, -0.2) is 13.2 Å². The zero-order valence-electron chi connectivity index (χ0n) is 11.2. The summed E-state index contributed by atoms with van der Waals surface area (Å²) in [6, 6.07) is 8.81. The number of hydrogen-bond acceptors (Lipinski definition) is 2. The Balaban J connectivity index is 1.89. The van der Waals surface area contributed by atoms with E-state index in [9.17, 15) is 0 Å². The molecule has 0 heterocycles. The van der Waals surface area contributed by atoms with E-state index >= 15 is 0 Å². The van der Waals surface area contributed by atoms with Gasteiger partial charge in [0, 0.05) is 11.6 Å². The summed E-state index contributed by atoms with van der Waals surface area (Å²) < 4.78 is 5.68. The lowest BCUT2D eigenvalue weighted by molar-refractivity contribution is 0.330. The number of rotatable bonds is 5. The van der Waals surface area contributed by atoms with Crippen LogP contribution in [0.4, 0.5) is 5.69 Å². The molecule has 2 rings (SSSR count). The zero-order valence-corrected chi connectivity index (χ0v) is 14.2. The number of nitrogens with one attached hydrogen (secondary N) is 1. The second-order valence-corrected chi connectivity index (χ2v) is 6.09.